The Labute approximate surface area is 111 Å². The normalized spacial score (nSPS) is 12.8. The van der Waals surface area contributed by atoms with Crippen molar-refractivity contribution in [1.29, 1.82) is 0 Å². The molecule has 5 heteroatoms. The third kappa shape index (κ3) is 3.78. The van der Waals surface area contributed by atoms with Gasteiger partial charge in [0.1, 0.15) is 5.82 Å². The number of hydrogen-bond donors (Lipinski definition) is 1. The Kier molecular flexibility index (Phi) is 4.50. The molecule has 0 saturated carbocycles. The van der Waals surface area contributed by atoms with Gasteiger partial charge >= 0.3 is 0 Å². The molecular formula is C13H25N3OSi. The van der Waals surface area contributed by atoms with Crippen molar-refractivity contribution in [2.45, 2.75) is 52.2 Å². The maximum Gasteiger partial charge on any atom is 0.191 e. The summed E-state index contributed by atoms with van der Waals surface area (Å²) in [4.78, 5) is 8.52. The second kappa shape index (κ2) is 5.36. The van der Waals surface area contributed by atoms with Crippen LogP contribution in [0.1, 0.15) is 32.2 Å². The minimum Gasteiger partial charge on any atom is -0.416 e. The molecule has 0 atom stereocenters. The largest absolute Gasteiger partial charge is 0.416 e. The molecule has 0 aliphatic carbocycles. The molecule has 0 saturated heterocycles. The van der Waals surface area contributed by atoms with Gasteiger partial charge in [-0.2, -0.15) is 0 Å². The number of rotatable bonds is 4. The summed E-state index contributed by atoms with van der Waals surface area (Å²) in [5, 5.41) is 0.241. The van der Waals surface area contributed by atoms with Crippen LogP contribution in [0.15, 0.2) is 6.20 Å². The fourth-order valence-electron chi connectivity index (χ4n) is 1.25. The summed E-state index contributed by atoms with van der Waals surface area (Å²) in [7, 11) is -1.66. The fraction of sp³-hybridized carbons (Fsp3) is 0.692. The summed E-state index contributed by atoms with van der Waals surface area (Å²) in [5.74, 6) is 0.514. The number of aryl methyl sites for hydroxylation is 1. The number of hydrogen-bond acceptors (Lipinski definition) is 4. The van der Waals surface area contributed by atoms with Crippen LogP contribution in [0.3, 0.4) is 0 Å². The topological polar surface area (TPSA) is 61.0 Å². The fourth-order valence-corrected chi connectivity index (χ4v) is 2.30. The second-order valence-corrected chi connectivity index (χ2v) is 11.0. The Balaban J connectivity index is 2.54. The van der Waals surface area contributed by atoms with E-state index < -0.39 is 8.32 Å². The van der Waals surface area contributed by atoms with E-state index in [1.807, 2.05) is 6.92 Å². The Morgan fingerprint density at radius 3 is 2.44 bits per heavy atom. The monoisotopic (exact) mass is 267 g/mol. The number of nitrogen functional groups attached to an aromatic ring is 1. The minimum atomic E-state index is -1.66. The van der Waals surface area contributed by atoms with E-state index in [4.69, 9.17) is 10.2 Å². The van der Waals surface area contributed by atoms with E-state index in [0.29, 0.717) is 12.4 Å². The van der Waals surface area contributed by atoms with Crippen LogP contribution in [0.25, 0.3) is 0 Å². The molecule has 0 aliphatic rings. The summed E-state index contributed by atoms with van der Waals surface area (Å²) in [6.45, 7) is 13.8. The molecule has 0 amide bonds. The van der Waals surface area contributed by atoms with Crippen molar-refractivity contribution in [2.75, 3.05) is 12.3 Å². The summed E-state index contributed by atoms with van der Waals surface area (Å²) in [5.41, 5.74) is 7.42. The molecule has 18 heavy (non-hydrogen) atoms. The lowest BCUT2D eigenvalue weighted by molar-refractivity contribution is 0.290. The Morgan fingerprint density at radius 1 is 1.33 bits per heavy atom. The molecule has 102 valence electrons. The van der Waals surface area contributed by atoms with Gasteiger partial charge in [-0.3, -0.25) is 4.98 Å². The summed E-state index contributed by atoms with van der Waals surface area (Å²) < 4.78 is 6.10. The zero-order chi connectivity index (χ0) is 14.0. The Hall–Kier alpha value is -0.943. The first-order chi connectivity index (χ1) is 8.13. The zero-order valence-electron chi connectivity index (χ0n) is 12.4. The molecule has 4 nitrogen and oxygen atoms in total. The third-order valence-corrected chi connectivity index (χ3v) is 8.21. The number of anilines is 1. The summed E-state index contributed by atoms with van der Waals surface area (Å²) >= 11 is 0. The molecule has 0 radical (unpaired) electrons. The van der Waals surface area contributed by atoms with Crippen LogP contribution in [0.5, 0.6) is 0 Å². The van der Waals surface area contributed by atoms with Gasteiger partial charge in [0.25, 0.3) is 0 Å². The van der Waals surface area contributed by atoms with Crippen molar-refractivity contribution in [1.82, 2.24) is 9.97 Å². The standard InChI is InChI=1S/C13H25N3OSi/c1-10-12(14)16-11(9-15-10)7-8-17-18(5,6)13(2,3)4/h9H,7-8H2,1-6H3,(H2,14,16). The van der Waals surface area contributed by atoms with Crippen molar-refractivity contribution >= 4 is 14.1 Å². The molecule has 0 unspecified atom stereocenters. The van der Waals surface area contributed by atoms with Crippen molar-refractivity contribution in [3.63, 3.8) is 0 Å². The van der Waals surface area contributed by atoms with Crippen molar-refractivity contribution < 1.29 is 4.43 Å². The van der Waals surface area contributed by atoms with Crippen LogP contribution in [0.4, 0.5) is 5.82 Å². The van der Waals surface area contributed by atoms with Gasteiger partial charge in [0.2, 0.25) is 0 Å². The van der Waals surface area contributed by atoms with Gasteiger partial charge in [0.05, 0.1) is 11.4 Å². The maximum atomic E-state index is 6.10. The van der Waals surface area contributed by atoms with Crippen LogP contribution in [0.2, 0.25) is 18.1 Å². The van der Waals surface area contributed by atoms with Gasteiger partial charge < -0.3 is 10.2 Å². The van der Waals surface area contributed by atoms with Crippen LogP contribution < -0.4 is 5.73 Å². The molecular weight excluding hydrogens is 242 g/mol. The van der Waals surface area contributed by atoms with Gasteiger partial charge in [-0.15, -0.1) is 0 Å². The number of nitrogens with two attached hydrogens (primary N) is 1. The predicted molar refractivity (Wildman–Crippen MR) is 78.0 cm³/mol. The molecule has 0 fully saturated rings. The first-order valence-electron chi connectivity index (χ1n) is 6.35. The number of nitrogens with zero attached hydrogens (tertiary/aromatic N) is 2. The lowest BCUT2D eigenvalue weighted by Crippen LogP contribution is -2.41. The second-order valence-electron chi connectivity index (χ2n) is 6.19. The maximum absolute atomic E-state index is 6.10. The molecule has 1 rings (SSSR count). The van der Waals surface area contributed by atoms with Gasteiger partial charge in [-0.05, 0) is 25.1 Å². The van der Waals surface area contributed by atoms with E-state index in [0.717, 1.165) is 17.8 Å². The van der Waals surface area contributed by atoms with E-state index in [1.54, 1.807) is 6.20 Å². The van der Waals surface area contributed by atoms with E-state index in [-0.39, 0.29) is 5.04 Å². The van der Waals surface area contributed by atoms with E-state index in [9.17, 15) is 0 Å². The third-order valence-electron chi connectivity index (χ3n) is 3.67. The van der Waals surface area contributed by atoms with Crippen LogP contribution in [-0.2, 0) is 10.8 Å². The lowest BCUT2D eigenvalue weighted by Gasteiger charge is -2.36. The Bertz CT molecular complexity index is 413. The zero-order valence-corrected chi connectivity index (χ0v) is 13.4. The highest BCUT2D eigenvalue weighted by molar-refractivity contribution is 6.74. The van der Waals surface area contributed by atoms with Gasteiger partial charge in [-0.25, -0.2) is 4.98 Å². The van der Waals surface area contributed by atoms with E-state index >= 15 is 0 Å². The van der Waals surface area contributed by atoms with Crippen LogP contribution in [0, 0.1) is 6.92 Å². The molecule has 0 spiro atoms. The average Bonchev–Trinajstić information content (AvgIpc) is 2.21. The highest BCUT2D eigenvalue weighted by Gasteiger charge is 2.36. The van der Waals surface area contributed by atoms with Gasteiger partial charge in [-0.1, -0.05) is 20.8 Å². The Morgan fingerprint density at radius 2 is 1.94 bits per heavy atom. The van der Waals surface area contributed by atoms with Crippen LogP contribution in [-0.4, -0.2) is 24.9 Å². The molecule has 0 bridgehead atoms. The van der Waals surface area contributed by atoms with Crippen molar-refractivity contribution in [3.05, 3.63) is 17.6 Å². The van der Waals surface area contributed by atoms with Crippen molar-refractivity contribution in [2.24, 2.45) is 0 Å². The number of aromatic nitrogens is 2. The smallest absolute Gasteiger partial charge is 0.191 e. The summed E-state index contributed by atoms with van der Waals surface area (Å²) in [6, 6.07) is 0. The molecule has 0 aromatic carbocycles. The first-order valence-corrected chi connectivity index (χ1v) is 9.26. The highest BCUT2D eigenvalue weighted by Crippen LogP contribution is 2.36. The lowest BCUT2D eigenvalue weighted by atomic mass is 10.2. The van der Waals surface area contributed by atoms with E-state index in [1.165, 1.54) is 0 Å². The quantitative estimate of drug-likeness (QED) is 0.852. The SMILES string of the molecule is Cc1ncc(CCO[Si](C)(C)C(C)(C)C)nc1N. The minimum absolute atomic E-state index is 0.241. The highest BCUT2D eigenvalue weighted by atomic mass is 28.4. The first kappa shape index (κ1) is 15.1. The van der Waals surface area contributed by atoms with Crippen LogP contribution >= 0.6 is 0 Å². The van der Waals surface area contributed by atoms with Crippen molar-refractivity contribution in [3.8, 4) is 0 Å². The predicted octanol–water partition coefficient (Wildman–Crippen LogP) is 2.93. The van der Waals surface area contributed by atoms with Gasteiger partial charge in [0.15, 0.2) is 8.32 Å². The molecule has 0 aliphatic heterocycles. The molecule has 1 aromatic heterocycles. The molecule has 1 heterocycles. The van der Waals surface area contributed by atoms with Gasteiger partial charge in [0, 0.05) is 19.2 Å². The average molecular weight is 267 g/mol. The summed E-state index contributed by atoms with van der Waals surface area (Å²) in [6.07, 6.45) is 2.55. The molecule has 1 aromatic rings. The van der Waals surface area contributed by atoms with E-state index in [2.05, 4.69) is 43.8 Å². The molecule has 2 N–H and O–H groups in total.